The van der Waals surface area contributed by atoms with E-state index in [0.29, 0.717) is 16.5 Å². The second kappa shape index (κ2) is 6.03. The Hall–Kier alpha value is -1.77. The number of likely N-dealkylation sites (tertiary alicyclic amines) is 1. The molecule has 1 fully saturated rings. The predicted octanol–water partition coefficient (Wildman–Crippen LogP) is 1.07. The van der Waals surface area contributed by atoms with Gasteiger partial charge in [-0.15, -0.1) is 10.2 Å². The Balaban J connectivity index is 2.03. The number of nitrogens with two attached hydrogens (primary N) is 1. The maximum Gasteiger partial charge on any atom is 0.220 e. The van der Waals surface area contributed by atoms with Gasteiger partial charge in [0.2, 0.25) is 5.95 Å². The Morgan fingerprint density at radius 2 is 1.96 bits per heavy atom. The van der Waals surface area contributed by atoms with Crippen LogP contribution < -0.4 is 5.73 Å². The number of halogens is 1. The van der Waals surface area contributed by atoms with Gasteiger partial charge in [0.15, 0.2) is 11.6 Å². The standard InChI is InChI=1S/C14H20ClN7O/c1-21-6-4-14(23-3,5-7-21)12-20-19-11(22(12)2)10-9(15)8-17-13(16)18-10/h8H,4-7H2,1-3H3,(H2,16,17,18). The first-order chi connectivity index (χ1) is 11.0. The number of rotatable bonds is 3. The van der Waals surface area contributed by atoms with Crippen LogP contribution in [0.1, 0.15) is 18.7 Å². The van der Waals surface area contributed by atoms with Gasteiger partial charge in [0, 0.05) is 27.2 Å². The van der Waals surface area contributed by atoms with Crippen molar-refractivity contribution in [3.05, 3.63) is 17.0 Å². The van der Waals surface area contributed by atoms with E-state index in [1.54, 1.807) is 7.11 Å². The van der Waals surface area contributed by atoms with Gasteiger partial charge in [-0.2, -0.15) is 0 Å². The van der Waals surface area contributed by atoms with Gasteiger partial charge in [-0.05, 0) is 19.9 Å². The van der Waals surface area contributed by atoms with Crippen molar-refractivity contribution in [2.75, 3.05) is 33.0 Å². The second-order valence-corrected chi connectivity index (χ2v) is 6.24. The number of nitrogens with zero attached hydrogens (tertiary/aromatic N) is 6. The van der Waals surface area contributed by atoms with E-state index in [1.165, 1.54) is 6.20 Å². The molecule has 0 unspecified atom stereocenters. The Bertz CT molecular complexity index is 709. The van der Waals surface area contributed by atoms with Gasteiger partial charge < -0.3 is 19.9 Å². The molecule has 3 heterocycles. The normalized spacial score (nSPS) is 18.3. The molecule has 0 aliphatic carbocycles. The highest BCUT2D eigenvalue weighted by Crippen LogP contribution is 2.36. The second-order valence-electron chi connectivity index (χ2n) is 5.83. The van der Waals surface area contributed by atoms with Crippen LogP contribution in [0.3, 0.4) is 0 Å². The molecular formula is C14H20ClN7O. The molecule has 3 rings (SSSR count). The lowest BCUT2D eigenvalue weighted by molar-refractivity contribution is -0.0668. The molecule has 124 valence electrons. The maximum absolute atomic E-state index is 6.19. The Morgan fingerprint density at radius 1 is 1.26 bits per heavy atom. The summed E-state index contributed by atoms with van der Waals surface area (Å²) in [7, 11) is 5.71. The molecule has 9 heteroatoms. The molecule has 1 aliphatic rings. The zero-order valence-electron chi connectivity index (χ0n) is 13.5. The third kappa shape index (κ3) is 2.77. The fourth-order valence-corrected chi connectivity index (χ4v) is 3.14. The lowest BCUT2D eigenvalue weighted by Crippen LogP contribution is -2.43. The molecule has 1 saturated heterocycles. The van der Waals surface area contributed by atoms with Gasteiger partial charge in [0.05, 0.1) is 11.2 Å². The minimum absolute atomic E-state index is 0.148. The van der Waals surface area contributed by atoms with Gasteiger partial charge in [0.25, 0.3) is 0 Å². The molecule has 23 heavy (non-hydrogen) atoms. The van der Waals surface area contributed by atoms with Gasteiger partial charge in [-0.3, -0.25) is 0 Å². The third-order valence-corrected chi connectivity index (χ3v) is 4.72. The minimum atomic E-state index is -0.447. The van der Waals surface area contributed by atoms with Crippen molar-refractivity contribution in [3.8, 4) is 11.5 Å². The van der Waals surface area contributed by atoms with Crippen LogP contribution in [0.15, 0.2) is 6.20 Å². The SMILES string of the molecule is COC1(c2nnc(-c3nc(N)ncc3Cl)n2C)CCN(C)CC1. The molecular weight excluding hydrogens is 318 g/mol. The van der Waals surface area contributed by atoms with Gasteiger partial charge in [-0.1, -0.05) is 11.6 Å². The number of piperidine rings is 1. The number of hydrogen-bond acceptors (Lipinski definition) is 7. The fourth-order valence-electron chi connectivity index (χ4n) is 2.97. The Labute approximate surface area is 139 Å². The average Bonchev–Trinajstić information content (AvgIpc) is 2.93. The van der Waals surface area contributed by atoms with Crippen molar-refractivity contribution in [3.63, 3.8) is 0 Å². The summed E-state index contributed by atoms with van der Waals surface area (Å²) in [5.74, 6) is 1.47. The summed E-state index contributed by atoms with van der Waals surface area (Å²) in [5.41, 5.74) is 5.69. The Kier molecular flexibility index (Phi) is 4.22. The number of aromatic nitrogens is 5. The highest BCUT2D eigenvalue weighted by atomic mass is 35.5. The van der Waals surface area contributed by atoms with Crippen LogP contribution in [-0.2, 0) is 17.4 Å². The van der Waals surface area contributed by atoms with Crippen LogP contribution in [0.25, 0.3) is 11.5 Å². The van der Waals surface area contributed by atoms with Crippen molar-refractivity contribution >= 4 is 17.5 Å². The molecule has 0 saturated carbocycles. The molecule has 0 amide bonds. The molecule has 2 aromatic rings. The van der Waals surface area contributed by atoms with Gasteiger partial charge >= 0.3 is 0 Å². The molecule has 1 aliphatic heterocycles. The van der Waals surface area contributed by atoms with Crippen molar-refractivity contribution in [1.82, 2.24) is 29.6 Å². The van der Waals surface area contributed by atoms with Crippen LogP contribution in [0.2, 0.25) is 5.02 Å². The van der Waals surface area contributed by atoms with Gasteiger partial charge in [-0.25, -0.2) is 9.97 Å². The quantitative estimate of drug-likeness (QED) is 0.895. The zero-order chi connectivity index (χ0) is 16.6. The molecule has 2 N–H and O–H groups in total. The molecule has 0 aromatic carbocycles. The van der Waals surface area contributed by atoms with E-state index in [0.717, 1.165) is 31.8 Å². The minimum Gasteiger partial charge on any atom is -0.370 e. The summed E-state index contributed by atoms with van der Waals surface area (Å²) < 4.78 is 7.73. The van der Waals surface area contributed by atoms with Crippen molar-refractivity contribution < 1.29 is 4.74 Å². The summed E-state index contributed by atoms with van der Waals surface area (Å²) >= 11 is 6.19. The van der Waals surface area contributed by atoms with Crippen LogP contribution >= 0.6 is 11.6 Å². The maximum atomic E-state index is 6.19. The topological polar surface area (TPSA) is 95.0 Å². The molecule has 0 atom stereocenters. The summed E-state index contributed by atoms with van der Waals surface area (Å²) in [6.45, 7) is 1.88. The smallest absolute Gasteiger partial charge is 0.220 e. The zero-order valence-corrected chi connectivity index (χ0v) is 14.2. The third-order valence-electron chi connectivity index (χ3n) is 4.44. The number of hydrogen-bond donors (Lipinski definition) is 1. The van der Waals surface area contributed by atoms with Crippen molar-refractivity contribution in [2.45, 2.75) is 18.4 Å². The first-order valence-corrected chi connectivity index (χ1v) is 7.76. The lowest BCUT2D eigenvalue weighted by atomic mass is 9.90. The van der Waals surface area contributed by atoms with E-state index in [-0.39, 0.29) is 5.95 Å². The van der Waals surface area contributed by atoms with Crippen LogP contribution in [0.4, 0.5) is 5.95 Å². The number of nitrogen functional groups attached to an aromatic ring is 1. The summed E-state index contributed by atoms with van der Waals surface area (Å²) in [5, 5.41) is 9.01. The molecule has 0 bridgehead atoms. The molecule has 0 radical (unpaired) electrons. The van der Waals surface area contributed by atoms with E-state index in [9.17, 15) is 0 Å². The Morgan fingerprint density at radius 3 is 2.61 bits per heavy atom. The predicted molar refractivity (Wildman–Crippen MR) is 86.9 cm³/mol. The number of anilines is 1. The van der Waals surface area contributed by atoms with Crippen LogP contribution in [0, 0.1) is 0 Å². The highest BCUT2D eigenvalue weighted by molar-refractivity contribution is 6.32. The van der Waals surface area contributed by atoms with E-state index in [2.05, 4.69) is 32.1 Å². The van der Waals surface area contributed by atoms with Crippen molar-refractivity contribution in [1.29, 1.82) is 0 Å². The lowest BCUT2D eigenvalue weighted by Gasteiger charge is -2.38. The molecule has 2 aromatic heterocycles. The fraction of sp³-hybridized carbons (Fsp3) is 0.571. The number of methoxy groups -OCH3 is 1. The van der Waals surface area contributed by atoms with E-state index in [4.69, 9.17) is 22.1 Å². The molecule has 8 nitrogen and oxygen atoms in total. The van der Waals surface area contributed by atoms with E-state index < -0.39 is 5.60 Å². The van der Waals surface area contributed by atoms with E-state index in [1.807, 2.05) is 11.6 Å². The summed E-state index contributed by atoms with van der Waals surface area (Å²) in [6, 6.07) is 0. The summed E-state index contributed by atoms with van der Waals surface area (Å²) in [4.78, 5) is 10.3. The van der Waals surface area contributed by atoms with Crippen LogP contribution in [0.5, 0.6) is 0 Å². The molecule has 0 spiro atoms. The highest BCUT2D eigenvalue weighted by Gasteiger charge is 2.40. The summed E-state index contributed by atoms with van der Waals surface area (Å²) in [6.07, 6.45) is 3.17. The van der Waals surface area contributed by atoms with Gasteiger partial charge in [0.1, 0.15) is 11.3 Å². The van der Waals surface area contributed by atoms with Crippen molar-refractivity contribution in [2.24, 2.45) is 7.05 Å². The average molecular weight is 338 g/mol. The first-order valence-electron chi connectivity index (χ1n) is 7.39. The largest absolute Gasteiger partial charge is 0.370 e. The van der Waals surface area contributed by atoms with Crippen LogP contribution in [-0.4, -0.2) is 56.9 Å². The van der Waals surface area contributed by atoms with E-state index >= 15 is 0 Å². The monoisotopic (exact) mass is 337 g/mol. The first kappa shape index (κ1) is 16.1. The number of ether oxygens (including phenoxy) is 1.